The van der Waals surface area contributed by atoms with Crippen molar-refractivity contribution in [2.45, 2.75) is 131 Å². The molecule has 5 heteroatoms. The van der Waals surface area contributed by atoms with Crippen molar-refractivity contribution >= 4 is 32.8 Å². The fourth-order valence-electron chi connectivity index (χ4n) is 11.0. The molecular formula is C74H76N4O. The summed E-state index contributed by atoms with van der Waals surface area (Å²) >= 11 is 0. The first-order valence-corrected chi connectivity index (χ1v) is 28.1. The minimum atomic E-state index is -0.138. The van der Waals surface area contributed by atoms with Gasteiger partial charge in [0, 0.05) is 23.0 Å². The van der Waals surface area contributed by atoms with Crippen molar-refractivity contribution in [3.63, 3.8) is 0 Å². The normalized spacial score (nSPS) is 12.7. The third-order valence-corrected chi connectivity index (χ3v) is 15.8. The van der Waals surface area contributed by atoms with E-state index >= 15 is 0 Å². The van der Waals surface area contributed by atoms with E-state index in [-0.39, 0.29) is 27.1 Å². The first-order chi connectivity index (χ1) is 37.3. The Balaban J connectivity index is 1.13. The molecule has 5 nitrogen and oxygen atoms in total. The van der Waals surface area contributed by atoms with Crippen LogP contribution in [0.15, 0.2) is 188 Å². The summed E-state index contributed by atoms with van der Waals surface area (Å²) in [6.07, 6.45) is 5.96. The summed E-state index contributed by atoms with van der Waals surface area (Å²) in [6.45, 7) is 34.3. The van der Waals surface area contributed by atoms with Crippen LogP contribution in [-0.4, -0.2) is 14.1 Å². The second-order valence-electron chi connectivity index (χ2n) is 26.9. The summed E-state index contributed by atoms with van der Waals surface area (Å²) in [5.41, 5.74) is 19.3. The van der Waals surface area contributed by atoms with Gasteiger partial charge in [0.1, 0.15) is 17.3 Å². The van der Waals surface area contributed by atoms with Gasteiger partial charge in [0.15, 0.2) is 0 Å². The van der Waals surface area contributed by atoms with Crippen molar-refractivity contribution in [2.75, 3.05) is 0 Å². The maximum atomic E-state index is 6.96. The van der Waals surface area contributed by atoms with Crippen LogP contribution in [0, 0.1) is 6.33 Å². The smallest absolute Gasteiger partial charge is 0.269 e. The minimum Gasteiger partial charge on any atom is -0.458 e. The van der Waals surface area contributed by atoms with Crippen LogP contribution in [0.3, 0.4) is 0 Å². The third-order valence-electron chi connectivity index (χ3n) is 15.8. The van der Waals surface area contributed by atoms with Gasteiger partial charge in [0.2, 0.25) is 0 Å². The van der Waals surface area contributed by atoms with Crippen molar-refractivity contribution in [3.8, 4) is 62.1 Å². The first kappa shape index (κ1) is 53.0. The summed E-state index contributed by atoms with van der Waals surface area (Å²) in [4.78, 5) is 4.94. The standard InChI is InChI=1S/C74H76N4O/c1-70(2,3)52-32-29-48(30-33-52)49-31-36-65-67(41-49)76(57-25-20-26-58(45-57)79-59-34-35-61-60-27-16-17-28-64(60)78(66(61)46-59)68-44-55(37-38-75-68)73(10,11)12)47-77(65)69-62(50-21-18-23-53(39-50)71(4,5)6)42-56(74(13,14)15)43-63(69)51-22-19-24-54(40-51)72(7,8)9/h16-46H,1-15H3. The molecule has 0 fully saturated rings. The molecule has 0 aliphatic heterocycles. The Hall–Kier alpha value is -8.02. The van der Waals surface area contributed by atoms with Gasteiger partial charge in [-0.1, -0.05) is 225 Å². The second kappa shape index (κ2) is 19.4. The highest BCUT2D eigenvalue weighted by molar-refractivity contribution is 6.09. The molecule has 0 N–H and O–H groups in total. The number of aromatic nitrogens is 4. The number of benzene rings is 8. The molecule has 8 aromatic carbocycles. The number of hydrogen-bond donors (Lipinski definition) is 0. The number of fused-ring (bicyclic) bond motifs is 4. The molecule has 398 valence electrons. The molecule has 0 spiro atoms. The zero-order valence-corrected chi connectivity index (χ0v) is 49.1. The quantitative estimate of drug-likeness (QED) is 0.112. The molecular weight excluding hydrogens is 961 g/mol. The van der Waals surface area contributed by atoms with E-state index in [2.05, 4.69) is 300 Å². The third kappa shape index (κ3) is 10.3. The number of rotatable bonds is 8. The van der Waals surface area contributed by atoms with Crippen LogP contribution in [0.5, 0.6) is 11.5 Å². The van der Waals surface area contributed by atoms with Gasteiger partial charge in [-0.15, -0.1) is 0 Å². The zero-order valence-electron chi connectivity index (χ0n) is 49.1. The Morgan fingerprint density at radius 1 is 0.392 bits per heavy atom. The van der Waals surface area contributed by atoms with Crippen molar-refractivity contribution in [1.82, 2.24) is 14.1 Å². The predicted molar refractivity (Wildman–Crippen MR) is 332 cm³/mol. The summed E-state index contributed by atoms with van der Waals surface area (Å²) in [6, 6.07) is 67.0. The van der Waals surface area contributed by atoms with Crippen LogP contribution in [-0.2, 0) is 27.1 Å². The Morgan fingerprint density at radius 2 is 0.949 bits per heavy atom. The highest BCUT2D eigenvalue weighted by Crippen LogP contribution is 2.42. The van der Waals surface area contributed by atoms with E-state index in [4.69, 9.17) is 9.72 Å². The molecule has 11 rings (SSSR count). The van der Waals surface area contributed by atoms with Crippen LogP contribution < -0.4 is 9.30 Å². The fourth-order valence-corrected chi connectivity index (χ4v) is 11.0. The number of para-hydroxylation sites is 1. The Morgan fingerprint density at radius 3 is 1.57 bits per heavy atom. The minimum absolute atomic E-state index is 0.0334. The van der Waals surface area contributed by atoms with Crippen LogP contribution in [0.2, 0.25) is 0 Å². The first-order valence-electron chi connectivity index (χ1n) is 28.1. The molecule has 79 heavy (non-hydrogen) atoms. The number of nitrogens with zero attached hydrogens (tertiary/aromatic N) is 4. The largest absolute Gasteiger partial charge is 0.458 e. The molecule has 0 unspecified atom stereocenters. The molecule has 11 aromatic rings. The van der Waals surface area contributed by atoms with Gasteiger partial charge in [0.05, 0.1) is 33.4 Å². The van der Waals surface area contributed by atoms with Crippen LogP contribution in [0.1, 0.15) is 132 Å². The topological polar surface area (TPSA) is 35.9 Å². The lowest BCUT2D eigenvalue weighted by Gasteiger charge is -2.27. The molecule has 0 amide bonds. The van der Waals surface area contributed by atoms with Gasteiger partial charge in [-0.2, -0.15) is 0 Å². The summed E-state index contributed by atoms with van der Waals surface area (Å²) in [5.74, 6) is 2.34. The van der Waals surface area contributed by atoms with Crippen molar-refractivity contribution in [2.24, 2.45) is 0 Å². The Labute approximate surface area is 469 Å². The Kier molecular flexibility index (Phi) is 13.0. The second-order valence-corrected chi connectivity index (χ2v) is 26.9. The van der Waals surface area contributed by atoms with E-state index in [1.165, 1.54) is 44.3 Å². The summed E-state index contributed by atoms with van der Waals surface area (Å²) < 4.78 is 13.8. The molecule has 0 aliphatic rings. The van der Waals surface area contributed by atoms with E-state index in [0.29, 0.717) is 0 Å². The summed E-state index contributed by atoms with van der Waals surface area (Å²) in [5, 5.41) is 2.32. The number of hydrogen-bond acceptors (Lipinski definition) is 2. The maximum absolute atomic E-state index is 6.96. The SMILES string of the molecule is CC(C)(C)c1ccc(-c2ccc3c(c2)n(-c2cccc(Oc4ccc5c6ccccc6n(-c6cc(C(C)(C)C)ccn6)c5c4)c2)[c-][n+]3-c2c(-c3cccc(C(C)(C)C)c3)cc(C(C)(C)C)cc2-c2cccc(C(C)(C)C)c2)cc1. The number of pyridine rings is 1. The van der Waals surface area contributed by atoms with Gasteiger partial charge >= 0.3 is 0 Å². The lowest BCUT2D eigenvalue weighted by Crippen LogP contribution is -2.32. The molecule has 0 saturated carbocycles. The highest BCUT2D eigenvalue weighted by Gasteiger charge is 2.27. The van der Waals surface area contributed by atoms with Crippen molar-refractivity contribution in [3.05, 3.63) is 222 Å². The average molecular weight is 1040 g/mol. The lowest BCUT2D eigenvalue weighted by molar-refractivity contribution is -0.571. The van der Waals surface area contributed by atoms with Gasteiger partial charge in [-0.3, -0.25) is 13.7 Å². The fraction of sp³-hybridized carbons (Fsp3) is 0.270. The van der Waals surface area contributed by atoms with E-state index in [0.717, 1.165) is 78.4 Å². The summed E-state index contributed by atoms with van der Waals surface area (Å²) in [7, 11) is 0. The molecule has 0 saturated heterocycles. The predicted octanol–water partition coefficient (Wildman–Crippen LogP) is 19.5. The van der Waals surface area contributed by atoms with E-state index in [9.17, 15) is 0 Å². The molecule has 3 heterocycles. The van der Waals surface area contributed by atoms with Crippen molar-refractivity contribution in [1.29, 1.82) is 0 Å². The number of ether oxygens (including phenoxy) is 1. The monoisotopic (exact) mass is 1040 g/mol. The zero-order chi connectivity index (χ0) is 56.0. The molecule has 0 atom stereocenters. The highest BCUT2D eigenvalue weighted by atomic mass is 16.5. The van der Waals surface area contributed by atoms with E-state index < -0.39 is 0 Å². The average Bonchev–Trinajstić information content (AvgIpc) is 4.22. The van der Waals surface area contributed by atoms with Gasteiger partial charge in [0.25, 0.3) is 6.33 Å². The lowest BCUT2D eigenvalue weighted by atomic mass is 9.80. The van der Waals surface area contributed by atoms with Crippen LogP contribution >= 0.6 is 0 Å². The Bertz CT molecular complexity index is 4030. The van der Waals surface area contributed by atoms with E-state index in [1.807, 2.05) is 12.3 Å². The number of imidazole rings is 1. The molecule has 0 bridgehead atoms. The molecule has 3 aromatic heterocycles. The van der Waals surface area contributed by atoms with E-state index in [1.54, 1.807) is 0 Å². The van der Waals surface area contributed by atoms with Gasteiger partial charge < -0.3 is 4.74 Å². The maximum Gasteiger partial charge on any atom is 0.269 e. The van der Waals surface area contributed by atoms with Gasteiger partial charge in [-0.25, -0.2) is 4.98 Å². The van der Waals surface area contributed by atoms with Crippen LogP contribution in [0.4, 0.5) is 0 Å². The van der Waals surface area contributed by atoms with Crippen molar-refractivity contribution < 1.29 is 9.30 Å². The van der Waals surface area contributed by atoms with Gasteiger partial charge in [-0.05, 0) is 143 Å². The molecule has 0 radical (unpaired) electrons. The molecule has 0 aliphatic carbocycles. The van der Waals surface area contributed by atoms with Crippen LogP contribution in [0.25, 0.3) is 83.4 Å².